The fourth-order valence-corrected chi connectivity index (χ4v) is 4.52. The van der Waals surface area contributed by atoms with Gasteiger partial charge in [-0.15, -0.1) is 0 Å². The molecule has 2 aliphatic carbocycles. The van der Waals surface area contributed by atoms with Gasteiger partial charge >= 0.3 is 0 Å². The van der Waals surface area contributed by atoms with E-state index in [1.807, 2.05) is 7.11 Å². The van der Waals surface area contributed by atoms with Gasteiger partial charge in [-0.1, -0.05) is 51.2 Å². The first-order chi connectivity index (χ1) is 10.8. The van der Waals surface area contributed by atoms with Gasteiger partial charge in [-0.05, 0) is 68.6 Å². The van der Waals surface area contributed by atoms with Crippen LogP contribution in [-0.4, -0.2) is 13.7 Å². The molecule has 0 bridgehead atoms. The van der Waals surface area contributed by atoms with Crippen LogP contribution in [0, 0.1) is 23.7 Å². The van der Waals surface area contributed by atoms with Gasteiger partial charge in [0.2, 0.25) is 0 Å². The first-order valence-electron chi connectivity index (χ1n) is 9.97. The molecule has 0 aromatic carbocycles. The van der Waals surface area contributed by atoms with Crippen molar-refractivity contribution in [3.63, 3.8) is 0 Å². The summed E-state index contributed by atoms with van der Waals surface area (Å²) in [5.41, 5.74) is 0. The van der Waals surface area contributed by atoms with E-state index in [0.29, 0.717) is 0 Å². The Bertz CT molecular complexity index is 293. The molecule has 0 N–H and O–H groups in total. The summed E-state index contributed by atoms with van der Waals surface area (Å²) in [5.74, 6) is 3.81. The minimum atomic E-state index is 0.853. The van der Waals surface area contributed by atoms with Crippen LogP contribution in [0.2, 0.25) is 0 Å². The van der Waals surface area contributed by atoms with Crippen LogP contribution < -0.4 is 0 Å². The van der Waals surface area contributed by atoms with Crippen molar-refractivity contribution in [2.45, 2.75) is 84.0 Å². The lowest BCUT2D eigenvalue weighted by Gasteiger charge is -2.31. The van der Waals surface area contributed by atoms with Crippen LogP contribution in [0.1, 0.15) is 84.0 Å². The molecule has 128 valence electrons. The van der Waals surface area contributed by atoms with Crippen molar-refractivity contribution < 1.29 is 4.74 Å². The van der Waals surface area contributed by atoms with Gasteiger partial charge in [0.05, 0.1) is 0 Å². The Kier molecular flexibility index (Phi) is 8.59. The molecule has 1 heteroatoms. The highest BCUT2D eigenvalue weighted by molar-refractivity contribution is 4.91. The standard InChI is InChI=1S/C21H38O/c1-3-4-5-6-18-7-9-19(10-8-18)11-12-20-13-15-21(16-14-20)17-22-2/h5-6,18-21H,3-4,7-17H2,1-2H3/b6-5+/t18-,19-,20-,21-. The zero-order valence-electron chi connectivity index (χ0n) is 15.1. The second-order valence-electron chi connectivity index (χ2n) is 7.92. The van der Waals surface area contributed by atoms with Crippen molar-refractivity contribution in [2.24, 2.45) is 23.7 Å². The van der Waals surface area contributed by atoms with Gasteiger partial charge in [0, 0.05) is 13.7 Å². The second kappa shape index (κ2) is 10.5. The summed E-state index contributed by atoms with van der Waals surface area (Å²) in [7, 11) is 1.85. The molecule has 1 nitrogen and oxygen atoms in total. The Morgan fingerprint density at radius 3 is 1.91 bits per heavy atom. The Labute approximate surface area is 138 Å². The van der Waals surface area contributed by atoms with Gasteiger partial charge in [0.1, 0.15) is 0 Å². The highest BCUT2D eigenvalue weighted by Gasteiger charge is 2.24. The Balaban J connectivity index is 1.55. The Morgan fingerprint density at radius 1 is 0.818 bits per heavy atom. The zero-order valence-corrected chi connectivity index (χ0v) is 15.1. The molecule has 2 rings (SSSR count). The number of unbranched alkanes of at least 4 members (excludes halogenated alkanes) is 1. The second-order valence-corrected chi connectivity index (χ2v) is 7.92. The summed E-state index contributed by atoms with van der Waals surface area (Å²) < 4.78 is 5.31. The molecule has 2 aliphatic rings. The van der Waals surface area contributed by atoms with Crippen molar-refractivity contribution in [2.75, 3.05) is 13.7 Å². The van der Waals surface area contributed by atoms with Crippen molar-refractivity contribution in [3.05, 3.63) is 12.2 Å². The van der Waals surface area contributed by atoms with E-state index in [9.17, 15) is 0 Å². The third-order valence-electron chi connectivity index (χ3n) is 6.11. The molecule has 0 saturated heterocycles. The Morgan fingerprint density at radius 2 is 1.36 bits per heavy atom. The van der Waals surface area contributed by atoms with E-state index in [1.54, 1.807) is 0 Å². The van der Waals surface area contributed by atoms with E-state index in [4.69, 9.17) is 4.74 Å². The zero-order chi connectivity index (χ0) is 15.6. The van der Waals surface area contributed by atoms with E-state index >= 15 is 0 Å². The molecule has 2 saturated carbocycles. The molecule has 0 heterocycles. The lowest BCUT2D eigenvalue weighted by atomic mass is 9.75. The molecule has 0 aromatic rings. The highest BCUT2D eigenvalue weighted by Crippen LogP contribution is 2.36. The molecule has 0 atom stereocenters. The van der Waals surface area contributed by atoms with Gasteiger partial charge in [-0.25, -0.2) is 0 Å². The van der Waals surface area contributed by atoms with Gasteiger partial charge in [-0.3, -0.25) is 0 Å². The maximum absolute atomic E-state index is 5.31. The van der Waals surface area contributed by atoms with E-state index in [2.05, 4.69) is 19.1 Å². The van der Waals surface area contributed by atoms with E-state index in [0.717, 1.165) is 30.3 Å². The van der Waals surface area contributed by atoms with Gasteiger partial charge < -0.3 is 4.74 Å². The summed E-state index contributed by atoms with van der Waals surface area (Å²) in [5, 5.41) is 0. The third-order valence-corrected chi connectivity index (χ3v) is 6.11. The number of hydrogen-bond donors (Lipinski definition) is 0. The summed E-state index contributed by atoms with van der Waals surface area (Å²) in [4.78, 5) is 0. The number of rotatable bonds is 8. The normalized spacial score (nSPS) is 33.4. The molecule has 0 unspecified atom stereocenters. The number of methoxy groups -OCH3 is 1. The van der Waals surface area contributed by atoms with Crippen molar-refractivity contribution >= 4 is 0 Å². The maximum atomic E-state index is 5.31. The fourth-order valence-electron chi connectivity index (χ4n) is 4.52. The first kappa shape index (κ1) is 18.0. The number of allylic oxidation sites excluding steroid dienone is 2. The lowest BCUT2D eigenvalue weighted by molar-refractivity contribution is 0.115. The van der Waals surface area contributed by atoms with Gasteiger partial charge in [0.15, 0.2) is 0 Å². The topological polar surface area (TPSA) is 9.23 Å². The minimum absolute atomic E-state index is 0.853. The first-order valence-corrected chi connectivity index (χ1v) is 9.97. The van der Waals surface area contributed by atoms with Gasteiger partial charge in [0.25, 0.3) is 0 Å². The van der Waals surface area contributed by atoms with E-state index < -0.39 is 0 Å². The van der Waals surface area contributed by atoms with Crippen LogP contribution in [0.15, 0.2) is 12.2 Å². The predicted molar refractivity (Wildman–Crippen MR) is 96.1 cm³/mol. The van der Waals surface area contributed by atoms with Crippen LogP contribution in [0.5, 0.6) is 0 Å². The summed E-state index contributed by atoms with van der Waals surface area (Å²) in [6, 6.07) is 0. The molecular weight excluding hydrogens is 268 g/mol. The quantitative estimate of drug-likeness (QED) is 0.473. The fraction of sp³-hybridized carbons (Fsp3) is 0.905. The SMILES string of the molecule is CCC/C=C/[C@H]1CC[C@H](CC[C@H]2CC[C@H](COC)CC2)CC1. The van der Waals surface area contributed by atoms with E-state index in [-0.39, 0.29) is 0 Å². The third kappa shape index (κ3) is 6.44. The van der Waals surface area contributed by atoms with Crippen LogP contribution in [0.25, 0.3) is 0 Å². The molecule has 0 aromatic heterocycles. The molecule has 0 spiro atoms. The number of ether oxygens (including phenoxy) is 1. The van der Waals surface area contributed by atoms with E-state index in [1.165, 1.54) is 77.0 Å². The predicted octanol–water partition coefficient (Wildman–Crippen LogP) is 6.38. The average molecular weight is 307 g/mol. The molecule has 2 fully saturated rings. The summed E-state index contributed by atoms with van der Waals surface area (Å²) >= 11 is 0. The summed E-state index contributed by atoms with van der Waals surface area (Å²) in [6.45, 7) is 3.26. The van der Waals surface area contributed by atoms with Gasteiger partial charge in [-0.2, -0.15) is 0 Å². The molecule has 0 radical (unpaired) electrons. The largest absolute Gasteiger partial charge is 0.384 e. The molecule has 0 aliphatic heterocycles. The summed E-state index contributed by atoms with van der Waals surface area (Å²) in [6.07, 6.45) is 22.1. The Hall–Kier alpha value is -0.300. The molecular formula is C21H38O. The van der Waals surface area contributed by atoms with Crippen molar-refractivity contribution in [1.29, 1.82) is 0 Å². The van der Waals surface area contributed by atoms with Crippen molar-refractivity contribution in [3.8, 4) is 0 Å². The maximum Gasteiger partial charge on any atom is 0.0490 e. The minimum Gasteiger partial charge on any atom is -0.384 e. The average Bonchev–Trinajstić information content (AvgIpc) is 2.56. The monoisotopic (exact) mass is 306 g/mol. The van der Waals surface area contributed by atoms with Crippen molar-refractivity contribution in [1.82, 2.24) is 0 Å². The number of hydrogen-bond acceptors (Lipinski definition) is 1. The van der Waals surface area contributed by atoms with Crippen LogP contribution in [0.4, 0.5) is 0 Å². The van der Waals surface area contributed by atoms with Crippen LogP contribution in [0.3, 0.4) is 0 Å². The highest BCUT2D eigenvalue weighted by atomic mass is 16.5. The lowest BCUT2D eigenvalue weighted by Crippen LogP contribution is -2.19. The molecule has 22 heavy (non-hydrogen) atoms. The van der Waals surface area contributed by atoms with Crippen LogP contribution >= 0.6 is 0 Å². The smallest absolute Gasteiger partial charge is 0.0490 e. The molecule has 0 amide bonds. The van der Waals surface area contributed by atoms with Crippen LogP contribution in [-0.2, 0) is 4.74 Å².